The molecule has 0 saturated heterocycles. The van der Waals surface area contributed by atoms with E-state index in [1.807, 2.05) is 13.8 Å². The van der Waals surface area contributed by atoms with Crippen LogP contribution in [0.3, 0.4) is 0 Å². The molecule has 36 heavy (non-hydrogen) atoms. The van der Waals surface area contributed by atoms with Gasteiger partial charge < -0.3 is 28.4 Å². The molecule has 4 heterocycles. The molecule has 0 amide bonds. The largest absolute Gasteiger partial charge is 0.464 e. The first-order valence-corrected chi connectivity index (χ1v) is 13.6. The van der Waals surface area contributed by atoms with Gasteiger partial charge in [0.2, 0.25) is 6.29 Å². The van der Waals surface area contributed by atoms with Crippen LogP contribution in [0.4, 0.5) is 0 Å². The monoisotopic (exact) mass is 494 g/mol. The fourth-order valence-corrected chi connectivity index (χ4v) is 6.57. The van der Waals surface area contributed by atoms with Gasteiger partial charge >= 0.3 is 0 Å². The molecule has 6 rings (SSSR count). The minimum Gasteiger partial charge on any atom is -0.464 e. The summed E-state index contributed by atoms with van der Waals surface area (Å²) in [5.74, 6) is 4.11. The van der Waals surface area contributed by atoms with E-state index >= 15 is 0 Å². The van der Waals surface area contributed by atoms with Crippen LogP contribution in [-0.2, 0) is 22.3 Å². The Morgan fingerprint density at radius 3 is 1.47 bits per heavy atom. The first kappa shape index (κ1) is 23.9. The Kier molecular flexibility index (Phi) is 6.08. The van der Waals surface area contributed by atoms with Crippen LogP contribution in [0.1, 0.15) is 90.0 Å². The summed E-state index contributed by atoms with van der Waals surface area (Å²) < 4.78 is 38.0. The van der Waals surface area contributed by atoms with Gasteiger partial charge in [0.1, 0.15) is 23.0 Å². The molecule has 4 aliphatic heterocycles. The zero-order valence-corrected chi connectivity index (χ0v) is 22.4. The van der Waals surface area contributed by atoms with Crippen molar-refractivity contribution in [2.75, 3.05) is 13.2 Å². The molecule has 194 valence electrons. The molecule has 0 saturated carbocycles. The molecular formula is C30H38O6. The van der Waals surface area contributed by atoms with E-state index in [9.17, 15) is 0 Å². The molecule has 0 N–H and O–H groups in total. The number of hydrogen-bond acceptors (Lipinski definition) is 6. The Balaban J connectivity index is 1.56. The van der Waals surface area contributed by atoms with Crippen LogP contribution in [0.25, 0.3) is 0 Å². The van der Waals surface area contributed by atoms with Crippen LogP contribution >= 0.6 is 0 Å². The Morgan fingerprint density at radius 2 is 1.03 bits per heavy atom. The van der Waals surface area contributed by atoms with E-state index in [4.69, 9.17) is 28.4 Å². The molecule has 0 spiro atoms. The zero-order valence-electron chi connectivity index (χ0n) is 22.4. The van der Waals surface area contributed by atoms with Crippen LogP contribution in [0.2, 0.25) is 0 Å². The summed E-state index contributed by atoms with van der Waals surface area (Å²) in [5.41, 5.74) is 9.67. The molecule has 0 aromatic heterocycles. The van der Waals surface area contributed by atoms with Gasteiger partial charge in [0.05, 0.1) is 0 Å². The van der Waals surface area contributed by atoms with Gasteiger partial charge in [-0.15, -0.1) is 0 Å². The molecule has 2 bridgehead atoms. The lowest BCUT2D eigenvalue weighted by molar-refractivity contribution is -0.0868. The highest BCUT2D eigenvalue weighted by Gasteiger charge is 2.42. The van der Waals surface area contributed by atoms with Crippen molar-refractivity contribution < 1.29 is 28.4 Å². The van der Waals surface area contributed by atoms with Crippen molar-refractivity contribution in [3.05, 3.63) is 44.5 Å². The van der Waals surface area contributed by atoms with Gasteiger partial charge in [-0.3, -0.25) is 0 Å². The molecule has 4 aliphatic rings. The van der Waals surface area contributed by atoms with Gasteiger partial charge in [0.25, 0.3) is 0 Å². The Hall–Kier alpha value is -2.44. The summed E-state index contributed by atoms with van der Waals surface area (Å²) in [6.07, 6.45) is 4.66. The van der Waals surface area contributed by atoms with Gasteiger partial charge in [-0.2, -0.15) is 0 Å². The van der Waals surface area contributed by atoms with Crippen molar-refractivity contribution >= 4 is 0 Å². The minimum absolute atomic E-state index is 0.170. The molecule has 0 fully saturated rings. The Morgan fingerprint density at radius 1 is 0.583 bits per heavy atom. The molecule has 2 aromatic rings. The third-order valence-corrected chi connectivity index (χ3v) is 8.53. The van der Waals surface area contributed by atoms with Gasteiger partial charge in [-0.05, 0) is 83.1 Å². The van der Waals surface area contributed by atoms with Crippen LogP contribution in [0, 0.1) is 27.7 Å². The maximum atomic E-state index is 6.66. The average Bonchev–Trinajstić information content (AvgIpc) is 3.17. The number of benzene rings is 2. The summed E-state index contributed by atoms with van der Waals surface area (Å²) in [6, 6.07) is 0. The van der Waals surface area contributed by atoms with Gasteiger partial charge in [0, 0.05) is 60.6 Å². The number of fused-ring (bicyclic) bond motifs is 11. The van der Waals surface area contributed by atoms with Crippen LogP contribution in [-0.4, -0.2) is 32.1 Å². The van der Waals surface area contributed by atoms with E-state index in [1.54, 1.807) is 0 Å². The van der Waals surface area contributed by atoms with Crippen molar-refractivity contribution in [3.63, 3.8) is 0 Å². The summed E-state index contributed by atoms with van der Waals surface area (Å²) in [5, 5.41) is 0. The Labute approximate surface area is 214 Å². The molecule has 2 unspecified atom stereocenters. The lowest BCUT2D eigenvalue weighted by Gasteiger charge is -2.37. The van der Waals surface area contributed by atoms with Crippen LogP contribution in [0.15, 0.2) is 0 Å². The lowest BCUT2D eigenvalue weighted by Crippen LogP contribution is -2.30. The number of rotatable bonds is 4. The number of ether oxygens (including phenoxy) is 6. The minimum atomic E-state index is -0.302. The second-order valence-electron chi connectivity index (χ2n) is 10.5. The van der Waals surface area contributed by atoms with E-state index in [1.165, 1.54) is 22.3 Å². The third kappa shape index (κ3) is 3.59. The third-order valence-electron chi connectivity index (χ3n) is 8.53. The second-order valence-corrected chi connectivity index (χ2v) is 10.5. The highest BCUT2D eigenvalue weighted by Crippen LogP contribution is 2.56. The maximum absolute atomic E-state index is 6.66. The van der Waals surface area contributed by atoms with Crippen LogP contribution < -0.4 is 18.9 Å². The van der Waals surface area contributed by atoms with Crippen molar-refractivity contribution in [1.82, 2.24) is 0 Å². The zero-order chi connectivity index (χ0) is 25.1. The smallest absolute Gasteiger partial charge is 0.241 e. The standard InChI is InChI=1S/C30H38O6/c1-7-31-22-12-10-20-25-19-9-14-24(35-29(25)17(5)15(3)27(20)33-22)36-30-18(6)16(4)28-21(26(19)30)11-13-23(34-28)32-8-2/h19,22-24H,7-14H2,1-6H3. The van der Waals surface area contributed by atoms with Crippen molar-refractivity contribution in [1.29, 1.82) is 0 Å². The van der Waals surface area contributed by atoms with Gasteiger partial charge in [-0.1, -0.05) is 0 Å². The van der Waals surface area contributed by atoms with Gasteiger partial charge in [0.15, 0.2) is 12.6 Å². The van der Waals surface area contributed by atoms with E-state index in [-0.39, 0.29) is 24.8 Å². The molecular weight excluding hydrogens is 456 g/mol. The fourth-order valence-electron chi connectivity index (χ4n) is 6.57. The fraction of sp³-hybridized carbons (Fsp3) is 0.600. The van der Waals surface area contributed by atoms with Crippen molar-refractivity contribution in [3.8, 4) is 23.0 Å². The summed E-state index contributed by atoms with van der Waals surface area (Å²) >= 11 is 0. The van der Waals surface area contributed by atoms with Crippen molar-refractivity contribution in [2.45, 2.75) is 105 Å². The predicted octanol–water partition coefficient (Wildman–Crippen LogP) is 6.32. The average molecular weight is 495 g/mol. The van der Waals surface area contributed by atoms with Crippen molar-refractivity contribution in [2.24, 2.45) is 0 Å². The van der Waals surface area contributed by atoms with E-state index in [0.29, 0.717) is 13.2 Å². The highest BCUT2D eigenvalue weighted by atomic mass is 16.7. The normalized spacial score (nSPS) is 25.6. The summed E-state index contributed by atoms with van der Waals surface area (Å²) in [7, 11) is 0. The second kappa shape index (κ2) is 9.14. The van der Waals surface area contributed by atoms with E-state index < -0.39 is 0 Å². The lowest BCUT2D eigenvalue weighted by atomic mass is 9.77. The highest BCUT2D eigenvalue weighted by molar-refractivity contribution is 5.68. The SMILES string of the molecule is CCOC1CCc2c(c(C)c(C)c3c2C2CCC(O3)Oc3c(C)c(C)c4c(c32)CCC(OCC)O4)O1. The first-order chi connectivity index (χ1) is 17.4. The summed E-state index contributed by atoms with van der Waals surface area (Å²) in [4.78, 5) is 0. The maximum Gasteiger partial charge on any atom is 0.241 e. The quantitative estimate of drug-likeness (QED) is 0.496. The molecule has 6 nitrogen and oxygen atoms in total. The molecule has 2 aromatic carbocycles. The van der Waals surface area contributed by atoms with Crippen LogP contribution in [0.5, 0.6) is 23.0 Å². The summed E-state index contributed by atoms with van der Waals surface area (Å²) in [6.45, 7) is 13.9. The number of hydrogen-bond donors (Lipinski definition) is 0. The topological polar surface area (TPSA) is 55.4 Å². The predicted molar refractivity (Wildman–Crippen MR) is 137 cm³/mol. The molecule has 0 aliphatic carbocycles. The molecule has 0 radical (unpaired) electrons. The molecule has 2 atom stereocenters. The first-order valence-electron chi connectivity index (χ1n) is 13.6. The molecule has 6 heteroatoms. The Bertz CT molecular complexity index is 1110. The van der Waals surface area contributed by atoms with Gasteiger partial charge in [-0.25, -0.2) is 0 Å². The van der Waals surface area contributed by atoms with E-state index in [0.717, 1.165) is 83.8 Å². The van der Waals surface area contributed by atoms with E-state index in [2.05, 4.69) is 27.7 Å².